The quantitative estimate of drug-likeness (QED) is 0.557. The molecule has 7 nitrogen and oxygen atoms in total. The molecule has 2 aliphatic rings. The number of fused-ring (bicyclic) bond motifs is 1. The second kappa shape index (κ2) is 9.98. The van der Waals surface area contributed by atoms with Crippen LogP contribution in [0.2, 0.25) is 0 Å². The van der Waals surface area contributed by atoms with Crippen molar-refractivity contribution in [2.45, 2.75) is 72.1 Å². The number of pyridine rings is 1. The van der Waals surface area contributed by atoms with Gasteiger partial charge in [-0.2, -0.15) is 0 Å². The van der Waals surface area contributed by atoms with Gasteiger partial charge in [-0.05, 0) is 67.4 Å². The second-order valence-electron chi connectivity index (χ2n) is 9.75. The molecular weight excluding hydrogens is 392 g/mol. The van der Waals surface area contributed by atoms with Crippen molar-refractivity contribution >= 4 is 11.9 Å². The van der Waals surface area contributed by atoms with Crippen molar-refractivity contribution in [3.05, 3.63) is 30.1 Å². The highest BCUT2D eigenvalue weighted by molar-refractivity contribution is 5.78. The predicted molar refractivity (Wildman–Crippen MR) is 120 cm³/mol. The average Bonchev–Trinajstić information content (AvgIpc) is 2.75. The number of carbonyl (C=O) groups excluding carboxylic acids is 2. The molecule has 4 N–H and O–H groups in total. The van der Waals surface area contributed by atoms with Crippen molar-refractivity contribution in [1.29, 1.82) is 0 Å². The van der Waals surface area contributed by atoms with Crippen LogP contribution in [0, 0.1) is 29.1 Å². The lowest BCUT2D eigenvalue weighted by Crippen LogP contribution is -2.59. The lowest BCUT2D eigenvalue weighted by molar-refractivity contribution is -0.142. The normalized spacial score (nSPS) is 33.6. The zero-order valence-electron chi connectivity index (χ0n) is 19.2. The number of aliphatic hydroxyl groups excluding tert-OH is 1. The molecule has 1 aromatic heterocycles. The Balaban J connectivity index is 1.66. The number of hydrogen-bond acceptors (Lipinski definition) is 4. The Hall–Kier alpha value is -2.15. The average molecular weight is 431 g/mol. The van der Waals surface area contributed by atoms with Crippen LogP contribution < -0.4 is 16.0 Å². The summed E-state index contributed by atoms with van der Waals surface area (Å²) < 4.78 is 0. The summed E-state index contributed by atoms with van der Waals surface area (Å²) in [6.45, 7) is 9.26. The number of carbonyl (C=O) groups is 2. The maximum absolute atomic E-state index is 12.9. The molecule has 3 rings (SSSR count). The van der Waals surface area contributed by atoms with Crippen LogP contribution in [0.15, 0.2) is 24.5 Å². The Morgan fingerprint density at radius 1 is 1.29 bits per heavy atom. The first-order valence-electron chi connectivity index (χ1n) is 11.7. The number of aromatic nitrogens is 1. The van der Waals surface area contributed by atoms with Gasteiger partial charge >= 0.3 is 6.03 Å². The van der Waals surface area contributed by atoms with Gasteiger partial charge in [0.2, 0.25) is 5.91 Å². The van der Waals surface area contributed by atoms with Crippen LogP contribution in [0.25, 0.3) is 0 Å². The van der Waals surface area contributed by atoms with Gasteiger partial charge in [-0.3, -0.25) is 9.78 Å². The van der Waals surface area contributed by atoms with Crippen molar-refractivity contribution in [1.82, 2.24) is 20.9 Å². The van der Waals surface area contributed by atoms with Gasteiger partial charge in [0.1, 0.15) is 0 Å². The molecule has 2 aliphatic carbocycles. The number of hydrogen-bond donors (Lipinski definition) is 4. The summed E-state index contributed by atoms with van der Waals surface area (Å²) in [5.41, 5.74) is 1.00. The fourth-order valence-corrected chi connectivity index (χ4v) is 5.92. The lowest BCUT2D eigenvalue weighted by Gasteiger charge is -2.56. The number of urea groups is 1. The van der Waals surface area contributed by atoms with Crippen molar-refractivity contribution in [2.75, 3.05) is 6.54 Å². The highest BCUT2D eigenvalue weighted by atomic mass is 16.3. The molecule has 1 aromatic rings. The molecule has 3 amide bonds. The van der Waals surface area contributed by atoms with Crippen LogP contribution in [0.3, 0.4) is 0 Å². The van der Waals surface area contributed by atoms with E-state index in [0.29, 0.717) is 13.1 Å². The smallest absolute Gasteiger partial charge is 0.315 e. The Morgan fingerprint density at radius 2 is 2.03 bits per heavy atom. The fraction of sp³-hybridized carbons (Fsp3) is 0.708. The van der Waals surface area contributed by atoms with E-state index in [1.54, 1.807) is 12.4 Å². The molecule has 1 heterocycles. The molecule has 7 unspecified atom stereocenters. The summed E-state index contributed by atoms with van der Waals surface area (Å²) in [6, 6.07) is 3.68. The van der Waals surface area contributed by atoms with Gasteiger partial charge in [-0.1, -0.05) is 26.8 Å². The van der Waals surface area contributed by atoms with E-state index in [2.05, 4.69) is 34.8 Å². The second-order valence-corrected chi connectivity index (χ2v) is 9.75. The molecule has 7 atom stereocenters. The Bertz CT molecular complexity index is 758. The maximum atomic E-state index is 12.9. The number of nitrogens with one attached hydrogen (secondary N) is 3. The van der Waals surface area contributed by atoms with E-state index in [-0.39, 0.29) is 47.1 Å². The first-order valence-corrected chi connectivity index (χ1v) is 11.7. The zero-order chi connectivity index (χ0) is 22.6. The minimum absolute atomic E-state index is 0.0306. The van der Waals surface area contributed by atoms with Crippen LogP contribution in [0.4, 0.5) is 4.79 Å². The highest BCUT2D eigenvalue weighted by Gasteiger charge is 2.53. The van der Waals surface area contributed by atoms with E-state index < -0.39 is 6.10 Å². The predicted octanol–water partition coefficient (Wildman–Crippen LogP) is 2.84. The molecule has 172 valence electrons. The number of rotatable bonds is 6. The Morgan fingerprint density at radius 3 is 2.71 bits per heavy atom. The standard InChI is InChI=1S/C24H38N4O3/c1-5-26-23(31)28-19-9-11-24(4)10-8-18(21(29)20(24)16(19)3)15(2)22(30)27-14-17-7-6-12-25-13-17/h6-7,12-13,15-16,18-21,29H,5,8-11,14H2,1-4H3,(H,27,30)(H2,26,28,31). The molecular formula is C24H38N4O3. The molecule has 0 saturated heterocycles. The number of amides is 3. The van der Waals surface area contributed by atoms with Gasteiger partial charge in [0, 0.05) is 37.4 Å². The highest BCUT2D eigenvalue weighted by Crippen LogP contribution is 2.55. The summed E-state index contributed by atoms with van der Waals surface area (Å²) in [5, 5.41) is 20.3. The van der Waals surface area contributed by atoms with Gasteiger partial charge in [-0.15, -0.1) is 0 Å². The van der Waals surface area contributed by atoms with Crippen molar-refractivity contribution in [2.24, 2.45) is 29.1 Å². The first kappa shape index (κ1) is 23.5. The molecule has 0 spiro atoms. The van der Waals surface area contributed by atoms with Crippen LogP contribution in [-0.4, -0.2) is 40.7 Å². The Kier molecular flexibility index (Phi) is 7.57. The van der Waals surface area contributed by atoms with E-state index in [9.17, 15) is 14.7 Å². The molecule has 0 aromatic carbocycles. The van der Waals surface area contributed by atoms with Crippen molar-refractivity contribution < 1.29 is 14.7 Å². The van der Waals surface area contributed by atoms with Crippen LogP contribution >= 0.6 is 0 Å². The monoisotopic (exact) mass is 430 g/mol. The molecule has 2 fully saturated rings. The summed E-state index contributed by atoms with van der Waals surface area (Å²) >= 11 is 0. The molecule has 0 aliphatic heterocycles. The molecule has 7 heteroatoms. The van der Waals surface area contributed by atoms with Crippen molar-refractivity contribution in [3.63, 3.8) is 0 Å². The van der Waals surface area contributed by atoms with E-state index in [0.717, 1.165) is 31.2 Å². The summed E-state index contributed by atoms with van der Waals surface area (Å²) in [5.74, 6) is -0.194. The van der Waals surface area contributed by atoms with Crippen LogP contribution in [0.5, 0.6) is 0 Å². The zero-order valence-corrected chi connectivity index (χ0v) is 19.2. The van der Waals surface area contributed by atoms with E-state index in [1.165, 1.54) is 0 Å². The summed E-state index contributed by atoms with van der Waals surface area (Å²) in [4.78, 5) is 29.0. The number of nitrogens with zero attached hydrogens (tertiary/aromatic N) is 1. The maximum Gasteiger partial charge on any atom is 0.315 e. The van der Waals surface area contributed by atoms with E-state index >= 15 is 0 Å². The summed E-state index contributed by atoms with van der Waals surface area (Å²) in [6.07, 6.45) is 6.63. The first-order chi connectivity index (χ1) is 14.8. The van der Waals surface area contributed by atoms with Crippen LogP contribution in [0.1, 0.15) is 58.9 Å². The molecule has 31 heavy (non-hydrogen) atoms. The fourth-order valence-electron chi connectivity index (χ4n) is 5.92. The van der Waals surface area contributed by atoms with Gasteiger partial charge in [0.15, 0.2) is 0 Å². The Labute approximate surface area is 185 Å². The third-order valence-corrected chi connectivity index (χ3v) is 7.79. The number of aliphatic hydroxyl groups is 1. The van der Waals surface area contributed by atoms with Gasteiger partial charge in [0.05, 0.1) is 6.10 Å². The summed E-state index contributed by atoms with van der Waals surface area (Å²) in [7, 11) is 0. The van der Waals surface area contributed by atoms with E-state index in [1.807, 2.05) is 26.0 Å². The topological polar surface area (TPSA) is 103 Å². The molecule has 0 radical (unpaired) electrons. The largest absolute Gasteiger partial charge is 0.392 e. The lowest BCUT2D eigenvalue weighted by atomic mass is 9.52. The van der Waals surface area contributed by atoms with Gasteiger partial charge in [0.25, 0.3) is 0 Å². The minimum Gasteiger partial charge on any atom is -0.392 e. The third kappa shape index (κ3) is 5.20. The SMILES string of the molecule is CCNC(=O)NC1CCC2(C)CCC(C(C)C(=O)NCc3cccnc3)C(O)C2C1C. The van der Waals surface area contributed by atoms with Crippen LogP contribution in [-0.2, 0) is 11.3 Å². The van der Waals surface area contributed by atoms with Gasteiger partial charge in [-0.25, -0.2) is 4.79 Å². The molecule has 2 saturated carbocycles. The van der Waals surface area contributed by atoms with E-state index in [4.69, 9.17) is 0 Å². The third-order valence-electron chi connectivity index (χ3n) is 7.79. The molecule has 0 bridgehead atoms. The minimum atomic E-state index is -0.563. The van der Waals surface area contributed by atoms with Gasteiger partial charge < -0.3 is 21.1 Å². The van der Waals surface area contributed by atoms with Crippen molar-refractivity contribution in [3.8, 4) is 0 Å².